The summed E-state index contributed by atoms with van der Waals surface area (Å²) in [6.07, 6.45) is 0.495. The number of para-hydroxylation sites is 2. The molecule has 30 heavy (non-hydrogen) atoms. The van der Waals surface area contributed by atoms with Crippen molar-refractivity contribution in [2.75, 3.05) is 25.5 Å². The average molecular weight is 425 g/mol. The molecule has 6 nitrogen and oxygen atoms in total. The van der Waals surface area contributed by atoms with E-state index in [2.05, 4.69) is 5.32 Å². The molecule has 0 fully saturated rings. The van der Waals surface area contributed by atoms with Crippen LogP contribution in [0.15, 0.2) is 89.8 Å². The van der Waals surface area contributed by atoms with Crippen molar-refractivity contribution >= 4 is 21.6 Å². The first-order valence-electron chi connectivity index (χ1n) is 9.52. The van der Waals surface area contributed by atoms with Crippen LogP contribution in [-0.4, -0.2) is 38.8 Å². The minimum Gasteiger partial charge on any atom is -0.495 e. The van der Waals surface area contributed by atoms with E-state index >= 15 is 0 Å². The molecule has 0 aliphatic carbocycles. The standard InChI is InChI=1S/C23H24N2O4S/c1-29-22-15-9-8-14-21(22)24-23(26)18-25(17-16-19-10-4-2-5-11-19)30(27,28)20-12-6-3-7-13-20/h2-15H,16-18H2,1H3,(H,24,26). The zero-order valence-corrected chi connectivity index (χ0v) is 17.5. The minimum atomic E-state index is -3.83. The third kappa shape index (κ3) is 5.46. The minimum absolute atomic E-state index is 0.156. The van der Waals surface area contributed by atoms with Crippen LogP contribution in [0.25, 0.3) is 0 Å². The summed E-state index contributed by atoms with van der Waals surface area (Å²) in [7, 11) is -2.32. The Morgan fingerprint density at radius 1 is 0.900 bits per heavy atom. The number of carbonyl (C=O) groups excluding carboxylic acids is 1. The summed E-state index contributed by atoms with van der Waals surface area (Å²) in [5.41, 5.74) is 1.49. The molecule has 156 valence electrons. The Labute approximate surface area is 177 Å². The fourth-order valence-electron chi connectivity index (χ4n) is 3.02. The van der Waals surface area contributed by atoms with Gasteiger partial charge in [-0.05, 0) is 36.2 Å². The molecule has 7 heteroatoms. The molecule has 0 bridgehead atoms. The fraction of sp³-hybridized carbons (Fsp3) is 0.174. The van der Waals surface area contributed by atoms with E-state index in [9.17, 15) is 13.2 Å². The van der Waals surface area contributed by atoms with Crippen LogP contribution < -0.4 is 10.1 Å². The van der Waals surface area contributed by atoms with E-state index in [1.165, 1.54) is 23.5 Å². The third-order valence-corrected chi connectivity index (χ3v) is 6.43. The van der Waals surface area contributed by atoms with E-state index in [0.717, 1.165) is 5.56 Å². The highest BCUT2D eigenvalue weighted by Gasteiger charge is 2.26. The molecule has 0 spiro atoms. The Bertz CT molecular complexity index is 1070. The normalized spacial score (nSPS) is 11.3. The number of nitrogens with zero attached hydrogens (tertiary/aromatic N) is 1. The number of amides is 1. The van der Waals surface area contributed by atoms with Crippen LogP contribution in [-0.2, 0) is 21.2 Å². The van der Waals surface area contributed by atoms with Gasteiger partial charge in [-0.25, -0.2) is 8.42 Å². The van der Waals surface area contributed by atoms with Gasteiger partial charge in [0.05, 0.1) is 24.2 Å². The van der Waals surface area contributed by atoms with Gasteiger partial charge in [-0.1, -0.05) is 60.7 Å². The zero-order chi connectivity index (χ0) is 21.4. The van der Waals surface area contributed by atoms with Gasteiger partial charge in [-0.15, -0.1) is 0 Å². The van der Waals surface area contributed by atoms with Crippen LogP contribution in [0.2, 0.25) is 0 Å². The maximum Gasteiger partial charge on any atom is 0.243 e. The van der Waals surface area contributed by atoms with Gasteiger partial charge in [0.2, 0.25) is 15.9 Å². The van der Waals surface area contributed by atoms with Crippen molar-refractivity contribution in [2.24, 2.45) is 0 Å². The van der Waals surface area contributed by atoms with E-state index in [4.69, 9.17) is 4.74 Å². The Morgan fingerprint density at radius 2 is 1.50 bits per heavy atom. The summed E-state index contributed by atoms with van der Waals surface area (Å²) in [4.78, 5) is 12.9. The Kier molecular flexibility index (Phi) is 7.21. The summed E-state index contributed by atoms with van der Waals surface area (Å²) < 4.78 is 32.8. The number of nitrogens with one attached hydrogen (secondary N) is 1. The lowest BCUT2D eigenvalue weighted by atomic mass is 10.1. The number of benzene rings is 3. The predicted octanol–water partition coefficient (Wildman–Crippen LogP) is 3.57. The van der Waals surface area contributed by atoms with Crippen LogP contribution in [0.1, 0.15) is 5.56 Å². The van der Waals surface area contributed by atoms with Crippen molar-refractivity contribution in [1.82, 2.24) is 4.31 Å². The van der Waals surface area contributed by atoms with Crippen LogP contribution in [0.4, 0.5) is 5.69 Å². The van der Waals surface area contributed by atoms with Crippen LogP contribution in [0, 0.1) is 0 Å². The van der Waals surface area contributed by atoms with Gasteiger partial charge in [0.15, 0.2) is 0 Å². The summed E-state index contributed by atoms with van der Waals surface area (Å²) in [5, 5.41) is 2.74. The van der Waals surface area contributed by atoms with Gasteiger partial charge in [0.1, 0.15) is 5.75 Å². The van der Waals surface area contributed by atoms with Gasteiger partial charge in [0.25, 0.3) is 0 Å². The second-order valence-electron chi connectivity index (χ2n) is 6.64. The quantitative estimate of drug-likeness (QED) is 0.570. The molecule has 3 aromatic rings. The van der Waals surface area contributed by atoms with E-state index in [1.54, 1.807) is 42.5 Å². The van der Waals surface area contributed by atoms with E-state index in [-0.39, 0.29) is 18.0 Å². The topological polar surface area (TPSA) is 75.7 Å². The first kappa shape index (κ1) is 21.5. The molecule has 0 saturated heterocycles. The molecular weight excluding hydrogens is 400 g/mol. The second kappa shape index (κ2) is 10.0. The number of carbonyl (C=O) groups is 1. The Hall–Kier alpha value is -3.16. The smallest absolute Gasteiger partial charge is 0.243 e. The van der Waals surface area contributed by atoms with Gasteiger partial charge in [0, 0.05) is 6.54 Å². The highest BCUT2D eigenvalue weighted by molar-refractivity contribution is 7.89. The molecule has 1 amide bonds. The highest BCUT2D eigenvalue weighted by Crippen LogP contribution is 2.23. The lowest BCUT2D eigenvalue weighted by Gasteiger charge is -2.22. The van der Waals surface area contributed by atoms with Crippen molar-refractivity contribution < 1.29 is 17.9 Å². The molecule has 0 atom stereocenters. The second-order valence-corrected chi connectivity index (χ2v) is 8.57. The maximum absolute atomic E-state index is 13.2. The number of sulfonamides is 1. The number of hydrogen-bond acceptors (Lipinski definition) is 4. The molecule has 0 heterocycles. The van der Waals surface area contributed by atoms with E-state index in [0.29, 0.717) is 17.9 Å². The molecular formula is C23H24N2O4S. The fourth-order valence-corrected chi connectivity index (χ4v) is 4.44. The lowest BCUT2D eigenvalue weighted by Crippen LogP contribution is -2.39. The van der Waals surface area contributed by atoms with Gasteiger partial charge < -0.3 is 10.1 Å². The summed E-state index contributed by atoms with van der Waals surface area (Å²) in [6, 6.07) is 24.7. The number of rotatable bonds is 9. The Morgan fingerprint density at radius 3 is 2.17 bits per heavy atom. The lowest BCUT2D eigenvalue weighted by molar-refractivity contribution is -0.116. The summed E-state index contributed by atoms with van der Waals surface area (Å²) in [6.45, 7) is -0.122. The van der Waals surface area contributed by atoms with Crippen molar-refractivity contribution in [3.05, 3.63) is 90.5 Å². The van der Waals surface area contributed by atoms with Crippen LogP contribution >= 0.6 is 0 Å². The number of ether oxygens (including phenoxy) is 1. The largest absolute Gasteiger partial charge is 0.495 e. The average Bonchev–Trinajstić information content (AvgIpc) is 2.78. The molecule has 0 aromatic heterocycles. The third-order valence-electron chi connectivity index (χ3n) is 4.57. The van der Waals surface area contributed by atoms with Crippen molar-refractivity contribution in [2.45, 2.75) is 11.3 Å². The van der Waals surface area contributed by atoms with Crippen molar-refractivity contribution in [3.8, 4) is 5.75 Å². The monoisotopic (exact) mass is 424 g/mol. The van der Waals surface area contributed by atoms with Gasteiger partial charge in [-0.3, -0.25) is 4.79 Å². The first-order valence-corrected chi connectivity index (χ1v) is 11.0. The molecule has 3 aromatic carbocycles. The van der Waals surface area contributed by atoms with E-state index in [1.807, 2.05) is 30.3 Å². The van der Waals surface area contributed by atoms with Crippen LogP contribution in [0.5, 0.6) is 5.75 Å². The SMILES string of the molecule is COc1ccccc1NC(=O)CN(CCc1ccccc1)S(=O)(=O)c1ccccc1. The number of methoxy groups -OCH3 is 1. The van der Waals surface area contributed by atoms with Crippen LogP contribution in [0.3, 0.4) is 0 Å². The predicted molar refractivity (Wildman–Crippen MR) is 117 cm³/mol. The van der Waals surface area contributed by atoms with Gasteiger partial charge >= 0.3 is 0 Å². The van der Waals surface area contributed by atoms with Crippen molar-refractivity contribution in [1.29, 1.82) is 0 Å². The number of anilines is 1. The summed E-state index contributed by atoms with van der Waals surface area (Å²) in [5.74, 6) is 0.0691. The zero-order valence-electron chi connectivity index (χ0n) is 16.7. The molecule has 0 aliphatic heterocycles. The van der Waals surface area contributed by atoms with Crippen molar-refractivity contribution in [3.63, 3.8) is 0 Å². The maximum atomic E-state index is 13.2. The first-order chi connectivity index (χ1) is 14.5. The summed E-state index contributed by atoms with van der Waals surface area (Å²) >= 11 is 0. The van der Waals surface area contributed by atoms with Gasteiger partial charge in [-0.2, -0.15) is 4.31 Å². The Balaban J connectivity index is 1.80. The van der Waals surface area contributed by atoms with E-state index < -0.39 is 15.9 Å². The molecule has 3 rings (SSSR count). The molecule has 0 radical (unpaired) electrons. The molecule has 0 aliphatic rings. The molecule has 0 unspecified atom stereocenters. The molecule has 0 saturated carbocycles. The molecule has 1 N–H and O–H groups in total. The highest BCUT2D eigenvalue weighted by atomic mass is 32.2. The number of hydrogen-bond donors (Lipinski definition) is 1.